The summed E-state index contributed by atoms with van der Waals surface area (Å²) >= 11 is 5.92. The normalized spacial score (nSPS) is 14.4. The molecular formula is C22H22ClN3O3. The minimum atomic E-state index is -0.600. The van der Waals surface area contributed by atoms with Gasteiger partial charge in [-0.25, -0.2) is 0 Å². The van der Waals surface area contributed by atoms with Crippen molar-refractivity contribution in [1.29, 1.82) is 0 Å². The lowest BCUT2D eigenvalue weighted by Crippen LogP contribution is -2.41. The molecule has 0 bridgehead atoms. The fourth-order valence-corrected chi connectivity index (χ4v) is 3.18. The van der Waals surface area contributed by atoms with E-state index in [1.54, 1.807) is 24.0 Å². The van der Waals surface area contributed by atoms with E-state index in [0.29, 0.717) is 22.6 Å². The van der Waals surface area contributed by atoms with Gasteiger partial charge in [0.2, 0.25) is 11.8 Å². The molecule has 0 N–H and O–H groups in total. The summed E-state index contributed by atoms with van der Waals surface area (Å²) in [4.78, 5) is 14.8. The highest BCUT2D eigenvalue weighted by Gasteiger charge is 2.36. The quantitative estimate of drug-likeness (QED) is 0.565. The number of aromatic nitrogens is 2. The van der Waals surface area contributed by atoms with Crippen molar-refractivity contribution in [3.05, 3.63) is 65.0 Å². The Kier molecular flexibility index (Phi) is 5.53. The lowest BCUT2D eigenvalue weighted by Gasteiger charge is -2.24. The van der Waals surface area contributed by atoms with E-state index in [2.05, 4.69) is 10.2 Å². The Morgan fingerprint density at radius 3 is 2.52 bits per heavy atom. The van der Waals surface area contributed by atoms with Gasteiger partial charge in [-0.3, -0.25) is 4.79 Å². The molecule has 7 heteroatoms. The van der Waals surface area contributed by atoms with Crippen LogP contribution in [0.1, 0.15) is 31.2 Å². The molecule has 0 aliphatic heterocycles. The van der Waals surface area contributed by atoms with Crippen molar-refractivity contribution in [2.75, 3.05) is 0 Å². The van der Waals surface area contributed by atoms with Gasteiger partial charge < -0.3 is 14.1 Å². The van der Waals surface area contributed by atoms with Gasteiger partial charge in [0.25, 0.3) is 5.91 Å². The molecule has 0 unspecified atom stereocenters. The molecule has 0 saturated heterocycles. The van der Waals surface area contributed by atoms with E-state index in [9.17, 15) is 4.79 Å². The van der Waals surface area contributed by atoms with Crippen molar-refractivity contribution < 1.29 is 13.9 Å². The molecule has 29 heavy (non-hydrogen) atoms. The van der Waals surface area contributed by atoms with Crippen molar-refractivity contribution in [3.8, 4) is 17.2 Å². The third-order valence-corrected chi connectivity index (χ3v) is 5.07. The SMILES string of the molecule is Cc1ccc(O[C@@H](C)C(=O)N(Cc2nnc(-c3ccc(Cl)cc3)o2)C2CC2)cc1. The summed E-state index contributed by atoms with van der Waals surface area (Å²) in [5.74, 6) is 1.40. The van der Waals surface area contributed by atoms with E-state index in [4.69, 9.17) is 20.8 Å². The van der Waals surface area contributed by atoms with E-state index in [-0.39, 0.29) is 18.5 Å². The molecule has 1 heterocycles. The second-order valence-corrected chi connectivity index (χ2v) is 7.71. The molecule has 4 rings (SSSR count). The smallest absolute Gasteiger partial charge is 0.264 e. The van der Waals surface area contributed by atoms with Crippen LogP contribution < -0.4 is 4.74 Å². The summed E-state index contributed by atoms with van der Waals surface area (Å²) in [6.07, 6.45) is 1.35. The van der Waals surface area contributed by atoms with E-state index in [0.717, 1.165) is 24.0 Å². The summed E-state index contributed by atoms with van der Waals surface area (Å²) in [5.41, 5.74) is 1.93. The predicted octanol–water partition coefficient (Wildman–Crippen LogP) is 4.66. The van der Waals surface area contributed by atoms with Gasteiger partial charge in [-0.15, -0.1) is 10.2 Å². The van der Waals surface area contributed by atoms with Crippen molar-refractivity contribution in [1.82, 2.24) is 15.1 Å². The minimum Gasteiger partial charge on any atom is -0.481 e. The summed E-state index contributed by atoms with van der Waals surface area (Å²) in [7, 11) is 0. The van der Waals surface area contributed by atoms with E-state index < -0.39 is 6.10 Å². The summed E-state index contributed by atoms with van der Waals surface area (Å²) < 4.78 is 11.6. The van der Waals surface area contributed by atoms with Gasteiger partial charge in [-0.2, -0.15) is 0 Å². The number of amides is 1. The molecule has 3 aromatic rings. The third kappa shape index (κ3) is 4.77. The van der Waals surface area contributed by atoms with Crippen molar-refractivity contribution >= 4 is 17.5 Å². The number of nitrogens with zero attached hydrogens (tertiary/aromatic N) is 3. The summed E-state index contributed by atoms with van der Waals surface area (Å²) in [6.45, 7) is 4.05. The molecule has 2 aromatic carbocycles. The highest BCUT2D eigenvalue weighted by atomic mass is 35.5. The van der Waals surface area contributed by atoms with Crippen LogP contribution >= 0.6 is 11.6 Å². The van der Waals surface area contributed by atoms with Crippen molar-refractivity contribution in [2.45, 2.75) is 45.4 Å². The van der Waals surface area contributed by atoms with Crippen LogP contribution in [0, 0.1) is 6.92 Å². The Bertz CT molecular complexity index is 981. The molecule has 1 saturated carbocycles. The van der Waals surface area contributed by atoms with Crippen LogP contribution in [-0.2, 0) is 11.3 Å². The fourth-order valence-electron chi connectivity index (χ4n) is 3.05. The summed E-state index contributed by atoms with van der Waals surface area (Å²) in [5, 5.41) is 8.86. The molecule has 0 spiro atoms. The number of ether oxygens (including phenoxy) is 1. The first-order valence-corrected chi connectivity index (χ1v) is 9.99. The number of carbonyl (C=O) groups is 1. The van der Waals surface area contributed by atoms with Gasteiger partial charge >= 0.3 is 0 Å². The van der Waals surface area contributed by atoms with Gasteiger partial charge in [-0.05, 0) is 63.1 Å². The highest BCUT2D eigenvalue weighted by molar-refractivity contribution is 6.30. The molecule has 150 valence electrons. The van der Waals surface area contributed by atoms with Crippen molar-refractivity contribution in [3.63, 3.8) is 0 Å². The van der Waals surface area contributed by atoms with Crippen LogP contribution in [-0.4, -0.2) is 33.2 Å². The van der Waals surface area contributed by atoms with Gasteiger partial charge in [0.05, 0.1) is 6.54 Å². The minimum absolute atomic E-state index is 0.0840. The lowest BCUT2D eigenvalue weighted by molar-refractivity contribution is -0.139. The Morgan fingerprint density at radius 2 is 1.86 bits per heavy atom. The van der Waals surface area contributed by atoms with E-state index in [1.807, 2.05) is 43.3 Å². The molecular weight excluding hydrogens is 390 g/mol. The predicted molar refractivity (Wildman–Crippen MR) is 110 cm³/mol. The lowest BCUT2D eigenvalue weighted by atomic mass is 10.2. The second kappa shape index (κ2) is 8.25. The van der Waals surface area contributed by atoms with Gasteiger partial charge in [0.1, 0.15) is 5.75 Å². The number of aryl methyl sites for hydroxylation is 1. The molecule has 6 nitrogen and oxygen atoms in total. The molecule has 1 fully saturated rings. The maximum atomic E-state index is 13.0. The number of benzene rings is 2. The number of carbonyl (C=O) groups excluding carboxylic acids is 1. The number of rotatable bonds is 7. The number of hydrogen-bond acceptors (Lipinski definition) is 5. The molecule has 1 amide bonds. The third-order valence-electron chi connectivity index (χ3n) is 4.82. The molecule has 1 atom stereocenters. The number of halogens is 1. The monoisotopic (exact) mass is 411 g/mol. The molecule has 1 aliphatic rings. The zero-order chi connectivity index (χ0) is 20.4. The van der Waals surface area contributed by atoms with Crippen LogP contribution in [0.5, 0.6) is 5.75 Å². The molecule has 1 aliphatic carbocycles. The topological polar surface area (TPSA) is 68.5 Å². The van der Waals surface area contributed by atoms with Crippen LogP contribution in [0.3, 0.4) is 0 Å². The van der Waals surface area contributed by atoms with Crippen LogP contribution in [0.4, 0.5) is 0 Å². The average molecular weight is 412 g/mol. The largest absolute Gasteiger partial charge is 0.481 e. The zero-order valence-corrected chi connectivity index (χ0v) is 17.1. The second-order valence-electron chi connectivity index (χ2n) is 7.28. The van der Waals surface area contributed by atoms with Gasteiger partial charge in [0.15, 0.2) is 6.10 Å². The Labute approximate surface area is 174 Å². The first-order valence-electron chi connectivity index (χ1n) is 9.62. The standard InChI is InChI=1S/C22H22ClN3O3/c1-14-3-11-19(12-4-14)28-15(2)22(27)26(18-9-10-18)13-20-24-25-21(29-20)16-5-7-17(23)8-6-16/h3-8,11-12,15,18H,9-10,13H2,1-2H3/t15-/m0/s1. The fraction of sp³-hybridized carbons (Fsp3) is 0.318. The first kappa shape index (κ1) is 19.5. The van der Waals surface area contributed by atoms with Crippen LogP contribution in [0.25, 0.3) is 11.5 Å². The number of hydrogen-bond donors (Lipinski definition) is 0. The maximum Gasteiger partial charge on any atom is 0.264 e. The van der Waals surface area contributed by atoms with E-state index >= 15 is 0 Å². The van der Waals surface area contributed by atoms with Crippen LogP contribution in [0.2, 0.25) is 5.02 Å². The molecule has 0 radical (unpaired) electrons. The van der Waals surface area contributed by atoms with E-state index in [1.165, 1.54) is 0 Å². The molecule has 1 aromatic heterocycles. The Hall–Kier alpha value is -2.86. The highest BCUT2D eigenvalue weighted by Crippen LogP contribution is 2.30. The van der Waals surface area contributed by atoms with Gasteiger partial charge in [-0.1, -0.05) is 29.3 Å². The maximum absolute atomic E-state index is 13.0. The Balaban J connectivity index is 1.44. The first-order chi connectivity index (χ1) is 14.0. The summed E-state index contributed by atoms with van der Waals surface area (Å²) in [6, 6.07) is 15.0. The average Bonchev–Trinajstić information content (AvgIpc) is 3.46. The zero-order valence-electron chi connectivity index (χ0n) is 16.3. The van der Waals surface area contributed by atoms with Crippen molar-refractivity contribution in [2.24, 2.45) is 0 Å². The Morgan fingerprint density at radius 1 is 1.17 bits per heavy atom. The van der Waals surface area contributed by atoms with Gasteiger partial charge in [0, 0.05) is 16.6 Å². The van der Waals surface area contributed by atoms with Crippen LogP contribution in [0.15, 0.2) is 52.9 Å².